The molecule has 98 valence electrons. The van der Waals surface area contributed by atoms with Gasteiger partial charge in [-0.1, -0.05) is 11.6 Å². The molecule has 0 aromatic heterocycles. The van der Waals surface area contributed by atoms with Crippen LogP contribution in [0.3, 0.4) is 0 Å². The minimum Gasteiger partial charge on any atom is -0.359 e. The smallest absolute Gasteiger partial charge is 0.292 e. The van der Waals surface area contributed by atoms with E-state index in [2.05, 4.69) is 5.32 Å². The monoisotopic (exact) mass is 270 g/mol. The molecule has 6 heteroatoms. The van der Waals surface area contributed by atoms with E-state index in [0.717, 1.165) is 19.3 Å². The summed E-state index contributed by atoms with van der Waals surface area (Å²) in [4.78, 5) is 10.6. The highest BCUT2D eigenvalue weighted by Crippen LogP contribution is 2.32. The van der Waals surface area contributed by atoms with E-state index in [4.69, 9.17) is 16.3 Å². The third kappa shape index (κ3) is 2.91. The molecule has 1 fully saturated rings. The number of nitrogens with one attached hydrogen (secondary N) is 1. The van der Waals surface area contributed by atoms with Crippen molar-refractivity contribution in [2.45, 2.75) is 32.4 Å². The second-order valence-electron chi connectivity index (χ2n) is 4.38. The number of ether oxygens (including phenoxy) is 1. The fourth-order valence-electron chi connectivity index (χ4n) is 1.96. The molecule has 0 aliphatic carbocycles. The van der Waals surface area contributed by atoms with Crippen molar-refractivity contribution in [1.82, 2.24) is 0 Å². The number of hydrogen-bond donors (Lipinski definition) is 1. The molecule has 0 spiro atoms. The molecule has 1 aliphatic heterocycles. The molecule has 0 saturated carbocycles. The molecule has 0 bridgehead atoms. The average Bonchev–Trinajstić information content (AvgIpc) is 2.34. The van der Waals surface area contributed by atoms with Crippen molar-refractivity contribution in [1.29, 1.82) is 0 Å². The Morgan fingerprint density at radius 1 is 1.50 bits per heavy atom. The second-order valence-corrected chi connectivity index (χ2v) is 4.78. The first-order valence-electron chi connectivity index (χ1n) is 5.90. The molecular weight excluding hydrogens is 256 g/mol. The number of benzene rings is 1. The van der Waals surface area contributed by atoms with E-state index in [-0.39, 0.29) is 11.9 Å². The summed E-state index contributed by atoms with van der Waals surface area (Å²) in [6.45, 7) is 2.43. The first-order chi connectivity index (χ1) is 8.58. The third-order valence-electron chi connectivity index (χ3n) is 2.97. The van der Waals surface area contributed by atoms with Crippen molar-refractivity contribution in [2.24, 2.45) is 0 Å². The summed E-state index contributed by atoms with van der Waals surface area (Å²) in [6, 6.07) is 3.07. The molecule has 2 rings (SSSR count). The van der Waals surface area contributed by atoms with Gasteiger partial charge in [0.15, 0.2) is 0 Å². The van der Waals surface area contributed by atoms with E-state index in [1.807, 2.05) is 0 Å². The predicted molar refractivity (Wildman–Crippen MR) is 70.1 cm³/mol. The number of nitro benzene ring substituents is 1. The predicted octanol–water partition coefficient (Wildman–Crippen LogP) is 3.50. The van der Waals surface area contributed by atoms with E-state index in [1.165, 1.54) is 6.07 Å². The molecule has 1 aliphatic rings. The zero-order valence-corrected chi connectivity index (χ0v) is 10.9. The molecule has 1 unspecified atom stereocenters. The summed E-state index contributed by atoms with van der Waals surface area (Å²) in [5, 5.41) is 14.6. The normalized spacial score (nSPS) is 19.6. The lowest BCUT2D eigenvalue weighted by Crippen LogP contribution is -2.27. The van der Waals surface area contributed by atoms with Crippen molar-refractivity contribution >= 4 is 23.0 Å². The number of nitro groups is 1. The summed E-state index contributed by atoms with van der Waals surface area (Å²) in [7, 11) is 0. The van der Waals surface area contributed by atoms with Gasteiger partial charge < -0.3 is 10.1 Å². The largest absolute Gasteiger partial charge is 0.359 e. The number of nitrogens with zero attached hydrogens (tertiary/aromatic N) is 1. The Kier molecular flexibility index (Phi) is 4.04. The van der Waals surface area contributed by atoms with Gasteiger partial charge in [-0.15, -0.1) is 0 Å². The van der Waals surface area contributed by atoms with Gasteiger partial charge in [-0.3, -0.25) is 10.1 Å². The molecule has 0 radical (unpaired) electrons. The van der Waals surface area contributed by atoms with Gasteiger partial charge in [-0.05, 0) is 37.8 Å². The lowest BCUT2D eigenvalue weighted by Gasteiger charge is -2.24. The van der Waals surface area contributed by atoms with Crippen LogP contribution in [0, 0.1) is 17.0 Å². The molecule has 1 N–H and O–H groups in total. The van der Waals surface area contributed by atoms with E-state index < -0.39 is 4.92 Å². The Morgan fingerprint density at radius 3 is 2.89 bits per heavy atom. The van der Waals surface area contributed by atoms with Crippen molar-refractivity contribution < 1.29 is 9.66 Å². The minimum absolute atomic E-state index is 0.0334. The Labute approximate surface area is 110 Å². The molecule has 1 heterocycles. The lowest BCUT2D eigenvalue weighted by atomic mass is 10.1. The highest BCUT2D eigenvalue weighted by Gasteiger charge is 2.20. The van der Waals surface area contributed by atoms with Crippen LogP contribution >= 0.6 is 11.6 Å². The highest BCUT2D eigenvalue weighted by molar-refractivity contribution is 6.31. The lowest BCUT2D eigenvalue weighted by molar-refractivity contribution is -0.384. The SMILES string of the molecule is Cc1cc([N+](=O)[O-])c(NC2CCCCO2)cc1Cl. The molecule has 0 amide bonds. The van der Waals surface area contributed by atoms with Gasteiger partial charge >= 0.3 is 0 Å². The van der Waals surface area contributed by atoms with Gasteiger partial charge in [0.25, 0.3) is 5.69 Å². The Morgan fingerprint density at radius 2 is 2.28 bits per heavy atom. The summed E-state index contributed by atoms with van der Waals surface area (Å²) < 4.78 is 5.51. The second kappa shape index (κ2) is 5.54. The van der Waals surface area contributed by atoms with Crippen LogP contribution in [0.1, 0.15) is 24.8 Å². The van der Waals surface area contributed by atoms with E-state index in [1.54, 1.807) is 13.0 Å². The molecular formula is C12H15ClN2O3. The van der Waals surface area contributed by atoms with Gasteiger partial charge in [0, 0.05) is 17.7 Å². The van der Waals surface area contributed by atoms with Crippen LogP contribution < -0.4 is 5.32 Å². The maximum absolute atomic E-state index is 11.0. The van der Waals surface area contributed by atoms with Gasteiger partial charge in [-0.25, -0.2) is 0 Å². The van der Waals surface area contributed by atoms with Gasteiger partial charge in [0.05, 0.1) is 4.92 Å². The topological polar surface area (TPSA) is 64.4 Å². The first-order valence-corrected chi connectivity index (χ1v) is 6.28. The molecule has 1 atom stereocenters. The van der Waals surface area contributed by atoms with Crippen LogP contribution in [0.25, 0.3) is 0 Å². The van der Waals surface area contributed by atoms with E-state index >= 15 is 0 Å². The fourth-order valence-corrected chi connectivity index (χ4v) is 2.12. The quantitative estimate of drug-likeness (QED) is 0.674. The highest BCUT2D eigenvalue weighted by atomic mass is 35.5. The average molecular weight is 271 g/mol. The maximum atomic E-state index is 11.0. The van der Waals surface area contributed by atoms with Crippen molar-refractivity contribution in [3.8, 4) is 0 Å². The van der Waals surface area contributed by atoms with Crippen LogP contribution in [0.2, 0.25) is 5.02 Å². The van der Waals surface area contributed by atoms with Crippen LogP contribution in [0.15, 0.2) is 12.1 Å². The van der Waals surface area contributed by atoms with Crippen molar-refractivity contribution in [3.05, 3.63) is 32.8 Å². The first kappa shape index (κ1) is 13.1. The van der Waals surface area contributed by atoms with Gasteiger partial charge in [0.2, 0.25) is 0 Å². The number of halogens is 1. The third-order valence-corrected chi connectivity index (χ3v) is 3.38. The van der Waals surface area contributed by atoms with Crippen LogP contribution in [-0.2, 0) is 4.74 Å². The summed E-state index contributed by atoms with van der Waals surface area (Å²) in [6.07, 6.45) is 2.78. The minimum atomic E-state index is -0.408. The Hall–Kier alpha value is -1.33. The van der Waals surface area contributed by atoms with Crippen LogP contribution in [0.4, 0.5) is 11.4 Å². The van der Waals surface area contributed by atoms with Crippen molar-refractivity contribution in [3.63, 3.8) is 0 Å². The zero-order valence-electron chi connectivity index (χ0n) is 10.1. The number of aryl methyl sites for hydroxylation is 1. The van der Waals surface area contributed by atoms with Crippen LogP contribution in [0.5, 0.6) is 0 Å². The standard InChI is InChI=1S/C12H15ClN2O3/c1-8-6-11(15(16)17)10(7-9(8)13)14-12-4-2-3-5-18-12/h6-7,12,14H,2-5H2,1H3. The Balaban J connectivity index is 2.24. The van der Waals surface area contributed by atoms with Gasteiger partial charge in [0.1, 0.15) is 11.9 Å². The fraction of sp³-hybridized carbons (Fsp3) is 0.500. The Bertz CT molecular complexity index is 459. The molecule has 18 heavy (non-hydrogen) atoms. The molecule has 1 aromatic carbocycles. The summed E-state index contributed by atoms with van der Waals surface area (Å²) >= 11 is 6.00. The number of rotatable bonds is 3. The zero-order chi connectivity index (χ0) is 13.1. The van der Waals surface area contributed by atoms with E-state index in [0.29, 0.717) is 22.9 Å². The summed E-state index contributed by atoms with van der Waals surface area (Å²) in [5.41, 5.74) is 1.15. The van der Waals surface area contributed by atoms with Crippen LogP contribution in [-0.4, -0.2) is 17.8 Å². The van der Waals surface area contributed by atoms with Gasteiger partial charge in [-0.2, -0.15) is 0 Å². The molecule has 1 aromatic rings. The maximum Gasteiger partial charge on any atom is 0.292 e. The number of anilines is 1. The summed E-state index contributed by atoms with van der Waals surface area (Å²) in [5.74, 6) is 0. The van der Waals surface area contributed by atoms with E-state index in [9.17, 15) is 10.1 Å². The van der Waals surface area contributed by atoms with Crippen molar-refractivity contribution in [2.75, 3.05) is 11.9 Å². The molecule has 1 saturated heterocycles. The molecule has 5 nitrogen and oxygen atoms in total. The number of hydrogen-bond acceptors (Lipinski definition) is 4.